The summed E-state index contributed by atoms with van der Waals surface area (Å²) in [7, 11) is 1.28. The number of halogens is 2. The fourth-order valence-electron chi connectivity index (χ4n) is 1.60. The zero-order valence-electron chi connectivity index (χ0n) is 10.3. The second-order valence-corrected chi connectivity index (χ2v) is 3.79. The van der Waals surface area contributed by atoms with Crippen LogP contribution in [0.25, 0.3) is 0 Å². The van der Waals surface area contributed by atoms with Gasteiger partial charge in [0.2, 0.25) is 5.91 Å². The average molecular weight is 273 g/mol. The molecule has 0 aliphatic rings. The van der Waals surface area contributed by atoms with Gasteiger partial charge >= 0.3 is 12.6 Å². The molecule has 0 saturated heterocycles. The first-order valence-corrected chi connectivity index (χ1v) is 5.34. The van der Waals surface area contributed by atoms with Gasteiger partial charge in [0.15, 0.2) is 6.04 Å². The van der Waals surface area contributed by atoms with Gasteiger partial charge in [-0.3, -0.25) is 4.79 Å². The molecular weight excluding hydrogens is 260 g/mol. The Kier molecular flexibility index (Phi) is 4.80. The van der Waals surface area contributed by atoms with Gasteiger partial charge in [0.05, 0.1) is 0 Å². The van der Waals surface area contributed by atoms with E-state index in [0.717, 1.165) is 4.90 Å². The molecule has 5 nitrogen and oxygen atoms in total. The first-order chi connectivity index (χ1) is 8.84. The molecule has 0 heterocycles. The number of carbonyl (C=O) groups excluding carboxylic acids is 1. The van der Waals surface area contributed by atoms with E-state index in [9.17, 15) is 18.4 Å². The number of aliphatic carboxylic acids is 1. The first kappa shape index (κ1) is 14.9. The third kappa shape index (κ3) is 3.64. The summed E-state index contributed by atoms with van der Waals surface area (Å²) >= 11 is 0. The number of benzene rings is 1. The number of likely N-dealkylation sites (N-methyl/N-ethyl adjacent to an activating group) is 1. The summed E-state index contributed by atoms with van der Waals surface area (Å²) < 4.78 is 28.8. The van der Waals surface area contributed by atoms with Crippen LogP contribution < -0.4 is 4.74 Å². The van der Waals surface area contributed by atoms with E-state index < -0.39 is 24.5 Å². The largest absolute Gasteiger partial charge is 0.479 e. The van der Waals surface area contributed by atoms with Gasteiger partial charge in [-0.15, -0.1) is 0 Å². The molecule has 1 atom stereocenters. The number of para-hydroxylation sites is 1. The highest BCUT2D eigenvalue weighted by atomic mass is 19.3. The molecule has 0 radical (unpaired) electrons. The van der Waals surface area contributed by atoms with Crippen molar-refractivity contribution in [2.24, 2.45) is 0 Å². The van der Waals surface area contributed by atoms with Crippen molar-refractivity contribution in [1.29, 1.82) is 0 Å². The molecule has 1 amide bonds. The zero-order chi connectivity index (χ0) is 14.6. The van der Waals surface area contributed by atoms with E-state index in [-0.39, 0.29) is 11.3 Å². The minimum absolute atomic E-state index is 0.00648. The third-order valence-corrected chi connectivity index (χ3v) is 2.55. The summed E-state index contributed by atoms with van der Waals surface area (Å²) in [6.07, 6.45) is 0. The number of alkyl halides is 2. The molecule has 0 spiro atoms. The lowest BCUT2D eigenvalue weighted by atomic mass is 10.0. The van der Waals surface area contributed by atoms with Crippen LogP contribution in [0.4, 0.5) is 8.78 Å². The van der Waals surface area contributed by atoms with Crippen LogP contribution in [0, 0.1) is 0 Å². The van der Waals surface area contributed by atoms with Gasteiger partial charge in [-0.2, -0.15) is 8.78 Å². The predicted molar refractivity (Wildman–Crippen MR) is 61.9 cm³/mol. The van der Waals surface area contributed by atoms with E-state index in [0.29, 0.717) is 0 Å². The summed E-state index contributed by atoms with van der Waals surface area (Å²) in [6, 6.07) is 4.10. The Morgan fingerprint density at radius 2 is 1.89 bits per heavy atom. The van der Waals surface area contributed by atoms with Gasteiger partial charge in [0.1, 0.15) is 5.75 Å². The molecule has 0 aromatic heterocycles. The number of nitrogens with zero attached hydrogens (tertiary/aromatic N) is 1. The van der Waals surface area contributed by atoms with Crippen molar-refractivity contribution in [2.75, 3.05) is 7.05 Å². The number of amides is 1. The number of hydrogen-bond donors (Lipinski definition) is 1. The Morgan fingerprint density at radius 1 is 1.32 bits per heavy atom. The van der Waals surface area contributed by atoms with Gasteiger partial charge in [-0.25, -0.2) is 4.79 Å². The average Bonchev–Trinajstić information content (AvgIpc) is 2.30. The van der Waals surface area contributed by atoms with Crippen LogP contribution in [-0.2, 0) is 9.59 Å². The monoisotopic (exact) mass is 273 g/mol. The molecule has 1 aromatic rings. The fraction of sp³-hybridized carbons (Fsp3) is 0.333. The molecule has 104 valence electrons. The number of carboxylic acid groups (broad SMARTS) is 1. The highest BCUT2D eigenvalue weighted by molar-refractivity contribution is 5.83. The van der Waals surface area contributed by atoms with E-state index in [1.165, 1.54) is 38.2 Å². The van der Waals surface area contributed by atoms with Gasteiger partial charge in [0.25, 0.3) is 0 Å². The molecule has 0 bridgehead atoms. The van der Waals surface area contributed by atoms with Crippen molar-refractivity contribution in [3.63, 3.8) is 0 Å². The van der Waals surface area contributed by atoms with Crippen LogP contribution in [-0.4, -0.2) is 35.5 Å². The number of rotatable bonds is 5. The van der Waals surface area contributed by atoms with Crippen LogP contribution in [0.5, 0.6) is 5.75 Å². The maximum Gasteiger partial charge on any atom is 0.387 e. The molecule has 7 heteroatoms. The van der Waals surface area contributed by atoms with Crippen LogP contribution in [0.15, 0.2) is 24.3 Å². The van der Waals surface area contributed by atoms with Gasteiger partial charge < -0.3 is 14.7 Å². The highest BCUT2D eigenvalue weighted by Crippen LogP contribution is 2.30. The second-order valence-electron chi connectivity index (χ2n) is 3.79. The Bertz CT molecular complexity index is 479. The lowest BCUT2D eigenvalue weighted by Gasteiger charge is -2.25. The van der Waals surface area contributed by atoms with E-state index in [2.05, 4.69) is 4.74 Å². The third-order valence-electron chi connectivity index (χ3n) is 2.55. The number of hydrogen-bond acceptors (Lipinski definition) is 3. The maximum atomic E-state index is 12.3. The smallest absolute Gasteiger partial charge is 0.387 e. The Hall–Kier alpha value is -2.18. The first-order valence-electron chi connectivity index (χ1n) is 5.34. The van der Waals surface area contributed by atoms with Crippen molar-refractivity contribution in [1.82, 2.24) is 4.90 Å². The van der Waals surface area contributed by atoms with Gasteiger partial charge in [0, 0.05) is 19.5 Å². The topological polar surface area (TPSA) is 66.8 Å². The van der Waals surface area contributed by atoms with E-state index in [1.54, 1.807) is 0 Å². The van der Waals surface area contributed by atoms with Crippen molar-refractivity contribution in [2.45, 2.75) is 19.6 Å². The number of ether oxygens (including phenoxy) is 1. The summed E-state index contributed by atoms with van der Waals surface area (Å²) in [4.78, 5) is 23.5. The molecule has 0 saturated carbocycles. The van der Waals surface area contributed by atoms with Crippen molar-refractivity contribution >= 4 is 11.9 Å². The normalized spacial score (nSPS) is 12.1. The van der Waals surface area contributed by atoms with Gasteiger partial charge in [-0.1, -0.05) is 18.2 Å². The van der Waals surface area contributed by atoms with E-state index >= 15 is 0 Å². The Labute approximate surface area is 108 Å². The van der Waals surface area contributed by atoms with Crippen LogP contribution in [0.1, 0.15) is 18.5 Å². The lowest BCUT2D eigenvalue weighted by Crippen LogP contribution is -2.34. The lowest BCUT2D eigenvalue weighted by molar-refractivity contribution is -0.148. The summed E-state index contributed by atoms with van der Waals surface area (Å²) in [6.45, 7) is -1.88. The summed E-state index contributed by atoms with van der Waals surface area (Å²) in [5, 5.41) is 9.17. The molecule has 0 aliphatic heterocycles. The molecule has 1 rings (SSSR count). The summed E-state index contributed by atoms with van der Waals surface area (Å²) in [5.41, 5.74) is -0.00648. The van der Waals surface area contributed by atoms with Crippen LogP contribution >= 0.6 is 0 Å². The second kappa shape index (κ2) is 6.12. The van der Waals surface area contributed by atoms with Crippen molar-refractivity contribution < 1.29 is 28.2 Å². The number of carboxylic acids is 1. The molecule has 0 fully saturated rings. The molecule has 19 heavy (non-hydrogen) atoms. The van der Waals surface area contributed by atoms with E-state index in [1.807, 2.05) is 0 Å². The number of carbonyl (C=O) groups is 2. The minimum Gasteiger partial charge on any atom is -0.479 e. The molecule has 1 N–H and O–H groups in total. The minimum atomic E-state index is -3.07. The molecule has 0 aliphatic carbocycles. The zero-order valence-corrected chi connectivity index (χ0v) is 10.3. The molecular formula is C12H13F2NO4. The van der Waals surface area contributed by atoms with Crippen LogP contribution in [0.2, 0.25) is 0 Å². The van der Waals surface area contributed by atoms with Crippen LogP contribution in [0.3, 0.4) is 0 Å². The molecule has 1 aromatic carbocycles. The van der Waals surface area contributed by atoms with Crippen molar-refractivity contribution in [3.05, 3.63) is 29.8 Å². The summed E-state index contributed by atoms with van der Waals surface area (Å²) in [5.74, 6) is -2.10. The van der Waals surface area contributed by atoms with Gasteiger partial charge in [-0.05, 0) is 6.07 Å². The van der Waals surface area contributed by atoms with E-state index in [4.69, 9.17) is 5.11 Å². The predicted octanol–water partition coefficient (Wildman–Crippen LogP) is 1.89. The Morgan fingerprint density at radius 3 is 2.37 bits per heavy atom. The quantitative estimate of drug-likeness (QED) is 0.889. The van der Waals surface area contributed by atoms with Crippen molar-refractivity contribution in [3.8, 4) is 5.75 Å². The maximum absolute atomic E-state index is 12.3. The standard InChI is InChI=1S/C12H13F2NO4/c1-7(16)15(2)10(11(17)18)8-5-3-4-6-9(8)19-12(13)14/h3-6,10,12H,1-2H3,(H,17,18). The molecule has 1 unspecified atom stereocenters. The highest BCUT2D eigenvalue weighted by Gasteiger charge is 2.29. The SMILES string of the molecule is CC(=O)N(C)C(C(=O)O)c1ccccc1OC(F)F. The Balaban J connectivity index is 3.23. The fourth-order valence-corrected chi connectivity index (χ4v) is 1.60.